The summed E-state index contributed by atoms with van der Waals surface area (Å²) in [6.45, 7) is 1.46. The second kappa shape index (κ2) is 7.51. The van der Waals surface area contributed by atoms with Gasteiger partial charge < -0.3 is 20.1 Å². The number of rotatable bonds is 6. The Hall–Kier alpha value is -1.75. The van der Waals surface area contributed by atoms with E-state index >= 15 is 0 Å². The number of methoxy groups -OCH3 is 1. The van der Waals surface area contributed by atoms with Crippen LogP contribution in [0.2, 0.25) is 0 Å². The van der Waals surface area contributed by atoms with Gasteiger partial charge in [-0.25, -0.2) is 4.79 Å². The molecular weight excluding hydrogens is 220 g/mol. The second-order valence-electron chi connectivity index (χ2n) is 3.42. The van der Waals surface area contributed by atoms with E-state index in [9.17, 15) is 4.79 Å². The Morgan fingerprint density at radius 2 is 2.06 bits per heavy atom. The molecule has 0 bridgehead atoms. The van der Waals surface area contributed by atoms with Crippen LogP contribution >= 0.6 is 0 Å². The lowest BCUT2D eigenvalue weighted by Gasteiger charge is -2.09. The largest absolute Gasteiger partial charge is 0.496 e. The first-order chi connectivity index (χ1) is 8.27. The maximum atomic E-state index is 11.3. The first-order valence-corrected chi connectivity index (χ1v) is 5.45. The molecule has 0 aliphatic carbocycles. The Morgan fingerprint density at radius 3 is 2.76 bits per heavy atom. The van der Waals surface area contributed by atoms with E-state index in [2.05, 4.69) is 10.6 Å². The number of hydrogen-bond acceptors (Lipinski definition) is 4. The van der Waals surface area contributed by atoms with Crippen LogP contribution < -0.4 is 15.4 Å². The van der Waals surface area contributed by atoms with Gasteiger partial charge >= 0.3 is 6.09 Å². The van der Waals surface area contributed by atoms with Crippen molar-refractivity contribution < 1.29 is 14.3 Å². The van der Waals surface area contributed by atoms with Gasteiger partial charge in [0.1, 0.15) is 12.4 Å². The average Bonchev–Trinajstić information content (AvgIpc) is 2.37. The fourth-order valence-electron chi connectivity index (χ4n) is 1.31. The standard InChI is InChI=1S/C12H18N2O3/c1-13-7-8-14-12(15)17-9-10-5-3-4-6-11(10)16-2/h3-6,13H,7-9H2,1-2H3,(H,14,15). The van der Waals surface area contributed by atoms with Crippen LogP contribution in [0, 0.1) is 0 Å². The number of carbonyl (C=O) groups is 1. The van der Waals surface area contributed by atoms with E-state index in [0.717, 1.165) is 11.3 Å². The minimum absolute atomic E-state index is 0.204. The molecule has 0 heterocycles. The molecule has 0 unspecified atom stereocenters. The third-order valence-electron chi connectivity index (χ3n) is 2.20. The van der Waals surface area contributed by atoms with Crippen molar-refractivity contribution in [3.8, 4) is 5.75 Å². The minimum Gasteiger partial charge on any atom is -0.496 e. The predicted octanol–water partition coefficient (Wildman–Crippen LogP) is 1.14. The van der Waals surface area contributed by atoms with Gasteiger partial charge in [0.05, 0.1) is 7.11 Å². The van der Waals surface area contributed by atoms with Crippen molar-refractivity contribution in [1.82, 2.24) is 10.6 Å². The molecule has 0 spiro atoms. The molecule has 94 valence electrons. The molecule has 0 saturated heterocycles. The number of carbonyl (C=O) groups excluding carboxylic acids is 1. The van der Waals surface area contributed by atoms with Crippen LogP contribution in [0.5, 0.6) is 5.75 Å². The van der Waals surface area contributed by atoms with E-state index in [1.807, 2.05) is 31.3 Å². The van der Waals surface area contributed by atoms with Crippen molar-refractivity contribution >= 4 is 6.09 Å². The lowest BCUT2D eigenvalue weighted by atomic mass is 10.2. The van der Waals surface area contributed by atoms with Crippen LogP contribution in [0.3, 0.4) is 0 Å². The highest BCUT2D eigenvalue weighted by Crippen LogP contribution is 2.17. The number of likely N-dealkylation sites (N-methyl/N-ethyl adjacent to an activating group) is 1. The highest BCUT2D eigenvalue weighted by molar-refractivity contribution is 5.67. The summed E-state index contributed by atoms with van der Waals surface area (Å²) in [5, 5.41) is 5.55. The zero-order valence-electron chi connectivity index (χ0n) is 10.2. The monoisotopic (exact) mass is 238 g/mol. The molecule has 0 saturated carbocycles. The molecule has 1 amide bonds. The van der Waals surface area contributed by atoms with E-state index in [1.54, 1.807) is 7.11 Å². The zero-order chi connectivity index (χ0) is 12.5. The molecule has 1 rings (SSSR count). The summed E-state index contributed by atoms with van der Waals surface area (Å²) in [6, 6.07) is 7.44. The summed E-state index contributed by atoms with van der Waals surface area (Å²) in [6.07, 6.45) is -0.425. The Bertz CT molecular complexity index is 355. The summed E-state index contributed by atoms with van der Waals surface area (Å²) < 4.78 is 10.2. The molecule has 0 fully saturated rings. The molecule has 5 heteroatoms. The maximum absolute atomic E-state index is 11.3. The van der Waals surface area contributed by atoms with Crippen LogP contribution in [-0.4, -0.2) is 33.3 Å². The molecule has 2 N–H and O–H groups in total. The highest BCUT2D eigenvalue weighted by Gasteiger charge is 2.05. The lowest BCUT2D eigenvalue weighted by Crippen LogP contribution is -2.30. The third kappa shape index (κ3) is 4.74. The molecule has 0 aliphatic rings. The van der Waals surface area contributed by atoms with Crippen molar-refractivity contribution in [3.05, 3.63) is 29.8 Å². The second-order valence-corrected chi connectivity index (χ2v) is 3.42. The van der Waals surface area contributed by atoms with Gasteiger partial charge in [0.2, 0.25) is 0 Å². The van der Waals surface area contributed by atoms with Crippen LogP contribution in [0.15, 0.2) is 24.3 Å². The fourth-order valence-corrected chi connectivity index (χ4v) is 1.31. The van der Waals surface area contributed by atoms with Crippen molar-refractivity contribution in [2.24, 2.45) is 0 Å². The molecular formula is C12H18N2O3. The van der Waals surface area contributed by atoms with Gasteiger partial charge in [0, 0.05) is 18.7 Å². The lowest BCUT2D eigenvalue weighted by molar-refractivity contribution is 0.139. The van der Waals surface area contributed by atoms with E-state index < -0.39 is 6.09 Å². The van der Waals surface area contributed by atoms with E-state index in [-0.39, 0.29) is 6.61 Å². The van der Waals surface area contributed by atoms with Gasteiger partial charge in [0.25, 0.3) is 0 Å². The minimum atomic E-state index is -0.425. The quantitative estimate of drug-likeness (QED) is 0.730. The summed E-state index contributed by atoms with van der Waals surface area (Å²) in [5.41, 5.74) is 0.846. The van der Waals surface area contributed by atoms with Crippen molar-refractivity contribution in [2.75, 3.05) is 27.2 Å². The van der Waals surface area contributed by atoms with Crippen LogP contribution in [0.1, 0.15) is 5.56 Å². The molecule has 17 heavy (non-hydrogen) atoms. The maximum Gasteiger partial charge on any atom is 0.407 e. The number of para-hydroxylation sites is 1. The number of nitrogens with one attached hydrogen (secondary N) is 2. The summed E-state index contributed by atoms with van der Waals surface area (Å²) >= 11 is 0. The SMILES string of the molecule is CNCCNC(=O)OCc1ccccc1OC. The summed E-state index contributed by atoms with van der Waals surface area (Å²) in [4.78, 5) is 11.3. The number of ether oxygens (including phenoxy) is 2. The number of alkyl carbamates (subject to hydrolysis) is 1. The van der Waals surface area contributed by atoms with Crippen LogP contribution in [0.25, 0.3) is 0 Å². The fraction of sp³-hybridized carbons (Fsp3) is 0.417. The van der Waals surface area contributed by atoms with E-state index in [0.29, 0.717) is 13.1 Å². The van der Waals surface area contributed by atoms with Crippen molar-refractivity contribution in [3.63, 3.8) is 0 Å². The third-order valence-corrected chi connectivity index (χ3v) is 2.20. The van der Waals surface area contributed by atoms with Gasteiger partial charge in [-0.15, -0.1) is 0 Å². The Kier molecular flexibility index (Phi) is 5.88. The number of hydrogen-bond donors (Lipinski definition) is 2. The summed E-state index contributed by atoms with van der Waals surface area (Å²) in [5.74, 6) is 0.718. The Labute approximate surface area is 101 Å². The average molecular weight is 238 g/mol. The van der Waals surface area contributed by atoms with Gasteiger partial charge in [0.15, 0.2) is 0 Å². The Balaban J connectivity index is 2.36. The molecule has 1 aromatic rings. The molecule has 1 aromatic carbocycles. The molecule has 5 nitrogen and oxygen atoms in total. The number of amides is 1. The predicted molar refractivity (Wildman–Crippen MR) is 65.1 cm³/mol. The van der Waals surface area contributed by atoms with Crippen LogP contribution in [0.4, 0.5) is 4.79 Å². The van der Waals surface area contributed by atoms with Crippen LogP contribution in [-0.2, 0) is 11.3 Å². The first-order valence-electron chi connectivity index (χ1n) is 5.45. The number of benzene rings is 1. The van der Waals surface area contributed by atoms with Gasteiger partial charge in [-0.3, -0.25) is 0 Å². The van der Waals surface area contributed by atoms with Crippen molar-refractivity contribution in [2.45, 2.75) is 6.61 Å². The smallest absolute Gasteiger partial charge is 0.407 e. The van der Waals surface area contributed by atoms with E-state index in [4.69, 9.17) is 9.47 Å². The summed E-state index contributed by atoms with van der Waals surface area (Å²) in [7, 11) is 3.41. The Morgan fingerprint density at radius 1 is 1.29 bits per heavy atom. The molecule has 0 radical (unpaired) electrons. The molecule has 0 atom stereocenters. The molecule has 0 aromatic heterocycles. The van der Waals surface area contributed by atoms with Gasteiger partial charge in [-0.05, 0) is 13.1 Å². The first kappa shape index (κ1) is 13.3. The normalized spacial score (nSPS) is 9.76. The van der Waals surface area contributed by atoms with E-state index in [1.165, 1.54) is 0 Å². The zero-order valence-corrected chi connectivity index (χ0v) is 10.2. The topological polar surface area (TPSA) is 59.6 Å². The van der Waals surface area contributed by atoms with Crippen molar-refractivity contribution in [1.29, 1.82) is 0 Å². The van der Waals surface area contributed by atoms with Gasteiger partial charge in [-0.1, -0.05) is 18.2 Å². The highest BCUT2D eigenvalue weighted by atomic mass is 16.5. The molecule has 0 aliphatic heterocycles. The van der Waals surface area contributed by atoms with Gasteiger partial charge in [-0.2, -0.15) is 0 Å².